The maximum Gasteiger partial charge on any atom is 0.305 e. The van der Waals surface area contributed by atoms with Gasteiger partial charge in [0, 0.05) is 26.6 Å². The molecule has 7 nitrogen and oxygen atoms in total. The van der Waals surface area contributed by atoms with Crippen molar-refractivity contribution in [2.45, 2.75) is 32.2 Å². The predicted octanol–water partition coefficient (Wildman–Crippen LogP) is 2.72. The zero-order chi connectivity index (χ0) is 18.5. The van der Waals surface area contributed by atoms with Gasteiger partial charge in [0.05, 0.1) is 21.3 Å². The molecule has 0 saturated heterocycles. The minimum Gasteiger partial charge on any atom is -0.493 e. The number of nitrogens with one attached hydrogen (secondary N) is 2. The Kier molecular flexibility index (Phi) is 13.5. The van der Waals surface area contributed by atoms with Crippen LogP contribution >= 0.6 is 24.0 Å². The first-order valence-corrected chi connectivity index (χ1v) is 8.36. The molecule has 0 fully saturated rings. The molecular weight excluding hydrogens is 449 g/mol. The lowest BCUT2D eigenvalue weighted by Gasteiger charge is -2.13. The van der Waals surface area contributed by atoms with Crippen molar-refractivity contribution in [1.29, 1.82) is 0 Å². The van der Waals surface area contributed by atoms with Gasteiger partial charge >= 0.3 is 5.97 Å². The minimum atomic E-state index is -0.152. The van der Waals surface area contributed by atoms with Crippen LogP contribution in [0.1, 0.15) is 31.2 Å². The Hall–Kier alpha value is -1.71. The average molecular weight is 479 g/mol. The third-order valence-electron chi connectivity index (χ3n) is 3.71. The lowest BCUT2D eigenvalue weighted by atomic mass is 10.2. The number of guanidine groups is 1. The summed E-state index contributed by atoms with van der Waals surface area (Å²) in [6.07, 6.45) is 3.25. The SMILES string of the molecule is CN=C(NCCCCCC(=O)OC)NCc1ccc(OC)c(OC)c1.I. The number of unbranched alkanes of at least 4 members (excludes halogenated alkanes) is 2. The van der Waals surface area contributed by atoms with E-state index < -0.39 is 0 Å². The van der Waals surface area contributed by atoms with Crippen LogP contribution in [-0.2, 0) is 16.1 Å². The van der Waals surface area contributed by atoms with Gasteiger partial charge in [0.25, 0.3) is 0 Å². The summed E-state index contributed by atoms with van der Waals surface area (Å²) in [4.78, 5) is 15.2. The maximum atomic E-state index is 11.0. The summed E-state index contributed by atoms with van der Waals surface area (Å²) in [6.45, 7) is 1.43. The standard InChI is InChI=1S/C18H29N3O4.HI/c1-19-18(20-11-7-5-6-8-17(22)25-4)21-13-14-9-10-15(23-2)16(12-14)24-3;/h9-10,12H,5-8,11,13H2,1-4H3,(H2,19,20,21);1H. The number of benzene rings is 1. The molecule has 8 heteroatoms. The Morgan fingerprint density at radius 2 is 1.77 bits per heavy atom. The van der Waals surface area contributed by atoms with Gasteiger partial charge in [-0.2, -0.15) is 0 Å². The van der Waals surface area contributed by atoms with Crippen molar-refractivity contribution in [3.63, 3.8) is 0 Å². The molecule has 1 rings (SSSR count). The summed E-state index contributed by atoms with van der Waals surface area (Å²) in [5.41, 5.74) is 1.07. The number of hydrogen-bond acceptors (Lipinski definition) is 5. The van der Waals surface area contributed by atoms with Crippen LogP contribution in [0.2, 0.25) is 0 Å². The van der Waals surface area contributed by atoms with Crippen LogP contribution in [0.15, 0.2) is 23.2 Å². The van der Waals surface area contributed by atoms with E-state index in [-0.39, 0.29) is 29.9 Å². The summed E-state index contributed by atoms with van der Waals surface area (Å²) >= 11 is 0. The van der Waals surface area contributed by atoms with E-state index >= 15 is 0 Å². The Labute approximate surface area is 172 Å². The van der Waals surface area contributed by atoms with Gasteiger partial charge in [0.2, 0.25) is 0 Å². The molecule has 0 atom stereocenters. The topological polar surface area (TPSA) is 81.2 Å². The van der Waals surface area contributed by atoms with E-state index in [1.807, 2.05) is 18.2 Å². The molecule has 0 unspecified atom stereocenters. The van der Waals surface area contributed by atoms with Gasteiger partial charge in [-0.3, -0.25) is 9.79 Å². The smallest absolute Gasteiger partial charge is 0.305 e. The molecule has 2 N–H and O–H groups in total. The summed E-state index contributed by atoms with van der Waals surface area (Å²) in [7, 11) is 6.39. The first kappa shape index (κ1) is 24.3. The number of ether oxygens (including phenoxy) is 3. The van der Waals surface area contributed by atoms with E-state index in [2.05, 4.69) is 20.4 Å². The molecule has 148 valence electrons. The van der Waals surface area contributed by atoms with E-state index in [4.69, 9.17) is 9.47 Å². The molecular formula is C18H30IN3O4. The van der Waals surface area contributed by atoms with Crippen molar-refractivity contribution in [3.8, 4) is 11.5 Å². The fraction of sp³-hybridized carbons (Fsp3) is 0.556. The number of methoxy groups -OCH3 is 3. The number of carbonyl (C=O) groups excluding carboxylic acids is 1. The molecule has 26 heavy (non-hydrogen) atoms. The van der Waals surface area contributed by atoms with Gasteiger partial charge in [0.15, 0.2) is 17.5 Å². The Morgan fingerprint density at radius 3 is 2.38 bits per heavy atom. The quantitative estimate of drug-likeness (QED) is 0.177. The molecule has 1 aromatic carbocycles. The number of halogens is 1. The van der Waals surface area contributed by atoms with Crippen molar-refractivity contribution < 1.29 is 19.0 Å². The number of nitrogens with zero attached hydrogens (tertiary/aromatic N) is 1. The van der Waals surface area contributed by atoms with Crippen LogP contribution in [0.3, 0.4) is 0 Å². The van der Waals surface area contributed by atoms with Crippen molar-refractivity contribution >= 4 is 35.9 Å². The van der Waals surface area contributed by atoms with Crippen LogP contribution < -0.4 is 20.1 Å². The molecule has 0 aliphatic rings. The molecule has 0 heterocycles. The highest BCUT2D eigenvalue weighted by molar-refractivity contribution is 14.0. The number of carbonyl (C=O) groups is 1. The van der Waals surface area contributed by atoms with Gasteiger partial charge in [-0.05, 0) is 30.5 Å². The molecule has 0 radical (unpaired) electrons. The fourth-order valence-electron chi connectivity index (χ4n) is 2.28. The highest BCUT2D eigenvalue weighted by atomic mass is 127. The minimum absolute atomic E-state index is 0. The molecule has 0 spiro atoms. The second-order valence-electron chi connectivity index (χ2n) is 5.43. The summed E-state index contributed by atoms with van der Waals surface area (Å²) < 4.78 is 15.2. The largest absolute Gasteiger partial charge is 0.493 e. The Morgan fingerprint density at radius 1 is 1.04 bits per heavy atom. The van der Waals surface area contributed by atoms with Crippen molar-refractivity contribution in [1.82, 2.24) is 10.6 Å². The maximum absolute atomic E-state index is 11.0. The van der Waals surface area contributed by atoms with Crippen LogP contribution in [0.4, 0.5) is 0 Å². The average Bonchev–Trinajstić information content (AvgIpc) is 2.66. The van der Waals surface area contributed by atoms with Crippen LogP contribution in [0, 0.1) is 0 Å². The number of rotatable bonds is 10. The van der Waals surface area contributed by atoms with E-state index in [1.165, 1.54) is 7.11 Å². The summed E-state index contributed by atoms with van der Waals surface area (Å²) in [5, 5.41) is 6.52. The number of esters is 1. The third-order valence-corrected chi connectivity index (χ3v) is 3.71. The highest BCUT2D eigenvalue weighted by Crippen LogP contribution is 2.27. The van der Waals surface area contributed by atoms with Crippen molar-refractivity contribution in [3.05, 3.63) is 23.8 Å². The lowest BCUT2D eigenvalue weighted by molar-refractivity contribution is -0.140. The van der Waals surface area contributed by atoms with E-state index in [0.717, 1.165) is 37.3 Å². The lowest BCUT2D eigenvalue weighted by Crippen LogP contribution is -2.37. The predicted molar refractivity (Wildman–Crippen MR) is 114 cm³/mol. The first-order valence-electron chi connectivity index (χ1n) is 8.36. The third kappa shape index (κ3) is 9.12. The van der Waals surface area contributed by atoms with Gasteiger partial charge in [-0.25, -0.2) is 0 Å². The van der Waals surface area contributed by atoms with Crippen molar-refractivity contribution in [2.24, 2.45) is 4.99 Å². The second kappa shape index (κ2) is 14.5. The zero-order valence-electron chi connectivity index (χ0n) is 16.0. The Bertz CT molecular complexity index is 567. The summed E-state index contributed by atoms with van der Waals surface area (Å²) in [6, 6.07) is 5.80. The zero-order valence-corrected chi connectivity index (χ0v) is 18.3. The Balaban J connectivity index is 0.00000625. The number of hydrogen-bond donors (Lipinski definition) is 2. The van der Waals surface area contributed by atoms with Gasteiger partial charge in [-0.15, -0.1) is 24.0 Å². The summed E-state index contributed by atoms with van der Waals surface area (Å²) in [5.74, 6) is 2.00. The van der Waals surface area contributed by atoms with E-state index in [9.17, 15) is 4.79 Å². The number of aliphatic imine (C=N–C) groups is 1. The normalized spacial score (nSPS) is 10.5. The molecule has 0 amide bonds. The van der Waals surface area contributed by atoms with E-state index in [1.54, 1.807) is 21.3 Å². The van der Waals surface area contributed by atoms with Gasteiger partial charge in [0.1, 0.15) is 0 Å². The van der Waals surface area contributed by atoms with Crippen LogP contribution in [-0.4, -0.2) is 46.9 Å². The van der Waals surface area contributed by atoms with E-state index in [0.29, 0.717) is 24.5 Å². The first-order chi connectivity index (χ1) is 12.1. The molecule has 0 saturated carbocycles. The van der Waals surface area contributed by atoms with Gasteiger partial charge in [-0.1, -0.05) is 12.5 Å². The highest BCUT2D eigenvalue weighted by Gasteiger charge is 2.05. The van der Waals surface area contributed by atoms with Gasteiger partial charge < -0.3 is 24.8 Å². The monoisotopic (exact) mass is 479 g/mol. The fourth-order valence-corrected chi connectivity index (χ4v) is 2.28. The van der Waals surface area contributed by atoms with Crippen molar-refractivity contribution in [2.75, 3.05) is 34.9 Å². The van der Waals surface area contributed by atoms with Crippen LogP contribution in [0.25, 0.3) is 0 Å². The molecule has 0 bridgehead atoms. The molecule has 0 aliphatic heterocycles. The molecule has 0 aromatic heterocycles. The second-order valence-corrected chi connectivity index (χ2v) is 5.43. The molecule has 1 aromatic rings. The van der Waals surface area contributed by atoms with Crippen LogP contribution in [0.5, 0.6) is 11.5 Å². The molecule has 0 aliphatic carbocycles.